The second kappa shape index (κ2) is 4.23. The van der Waals surface area contributed by atoms with Crippen LogP contribution >= 0.6 is 0 Å². The Morgan fingerprint density at radius 2 is 2.31 bits per heavy atom. The predicted molar refractivity (Wildman–Crippen MR) is 59.1 cm³/mol. The quantitative estimate of drug-likeness (QED) is 0.820. The Balaban J connectivity index is 2.20. The molecule has 1 heterocycles. The highest BCUT2D eigenvalue weighted by atomic mass is 16.5. The Bertz CT molecular complexity index is 463. The van der Waals surface area contributed by atoms with Crippen molar-refractivity contribution in [1.29, 1.82) is 5.26 Å². The zero-order valence-corrected chi connectivity index (χ0v) is 8.99. The third-order valence-electron chi connectivity index (χ3n) is 2.47. The van der Waals surface area contributed by atoms with E-state index in [2.05, 4.69) is 5.32 Å². The summed E-state index contributed by atoms with van der Waals surface area (Å²) in [6.07, 6.45) is 0.764. The van der Waals surface area contributed by atoms with Gasteiger partial charge in [-0.3, -0.25) is 4.79 Å². The number of nitriles is 1. The molecule has 0 aromatic heterocycles. The van der Waals surface area contributed by atoms with Gasteiger partial charge in [-0.15, -0.1) is 0 Å². The molecule has 1 atom stereocenters. The van der Waals surface area contributed by atoms with Gasteiger partial charge in [0.2, 0.25) is 5.91 Å². The highest BCUT2D eigenvalue weighted by molar-refractivity contribution is 5.93. The van der Waals surface area contributed by atoms with E-state index in [0.29, 0.717) is 12.2 Å². The normalized spacial score (nSPS) is 15.6. The SMILES string of the molecule is CC(C#N)Oc1ccc2c(c1)CCC(=O)N2. The smallest absolute Gasteiger partial charge is 0.224 e. The van der Waals surface area contributed by atoms with Crippen LogP contribution in [-0.4, -0.2) is 12.0 Å². The average Bonchev–Trinajstić information content (AvgIpc) is 2.29. The van der Waals surface area contributed by atoms with Crippen LogP contribution < -0.4 is 10.1 Å². The number of amides is 1. The lowest BCUT2D eigenvalue weighted by Gasteiger charge is -2.18. The molecule has 0 fully saturated rings. The van der Waals surface area contributed by atoms with Gasteiger partial charge in [0.1, 0.15) is 11.8 Å². The molecule has 0 spiro atoms. The molecule has 1 aromatic rings. The summed E-state index contributed by atoms with van der Waals surface area (Å²) >= 11 is 0. The van der Waals surface area contributed by atoms with E-state index in [1.165, 1.54) is 0 Å². The minimum atomic E-state index is -0.462. The number of aryl methyl sites for hydroxylation is 1. The van der Waals surface area contributed by atoms with E-state index in [9.17, 15) is 4.79 Å². The molecule has 0 bridgehead atoms. The molecule has 2 rings (SSSR count). The lowest BCUT2D eigenvalue weighted by atomic mass is 10.0. The van der Waals surface area contributed by atoms with Gasteiger partial charge in [-0.05, 0) is 37.1 Å². The van der Waals surface area contributed by atoms with Crippen LogP contribution in [0.4, 0.5) is 5.69 Å². The second-order valence-corrected chi connectivity index (χ2v) is 3.76. The maximum Gasteiger partial charge on any atom is 0.224 e. The highest BCUT2D eigenvalue weighted by Gasteiger charge is 2.15. The summed E-state index contributed by atoms with van der Waals surface area (Å²) in [6.45, 7) is 1.70. The molecule has 1 aliphatic rings. The number of fused-ring (bicyclic) bond motifs is 1. The minimum absolute atomic E-state index is 0.0477. The molecule has 4 nitrogen and oxygen atoms in total. The number of hydrogen-bond acceptors (Lipinski definition) is 3. The second-order valence-electron chi connectivity index (χ2n) is 3.76. The summed E-state index contributed by atoms with van der Waals surface area (Å²) in [5.74, 6) is 0.718. The van der Waals surface area contributed by atoms with E-state index in [-0.39, 0.29) is 5.91 Å². The molecule has 4 heteroatoms. The zero-order valence-electron chi connectivity index (χ0n) is 8.99. The van der Waals surface area contributed by atoms with Crippen molar-refractivity contribution in [2.75, 3.05) is 5.32 Å². The summed E-state index contributed by atoms with van der Waals surface area (Å²) in [6, 6.07) is 7.46. The highest BCUT2D eigenvalue weighted by Crippen LogP contribution is 2.27. The molecule has 0 radical (unpaired) electrons. The number of rotatable bonds is 2. The fraction of sp³-hybridized carbons (Fsp3) is 0.333. The summed E-state index contributed by atoms with van der Waals surface area (Å²) in [7, 11) is 0. The van der Waals surface area contributed by atoms with Crippen molar-refractivity contribution in [3.63, 3.8) is 0 Å². The van der Waals surface area contributed by atoms with Crippen LogP contribution in [0.25, 0.3) is 0 Å². The molecule has 1 unspecified atom stereocenters. The number of benzene rings is 1. The van der Waals surface area contributed by atoms with Crippen molar-refractivity contribution >= 4 is 11.6 Å². The molecular formula is C12H12N2O2. The number of carbonyl (C=O) groups excluding carboxylic acids is 1. The number of carbonyl (C=O) groups is 1. The van der Waals surface area contributed by atoms with Crippen molar-refractivity contribution < 1.29 is 9.53 Å². The van der Waals surface area contributed by atoms with Crippen molar-refractivity contribution in [3.05, 3.63) is 23.8 Å². The van der Waals surface area contributed by atoms with E-state index >= 15 is 0 Å². The summed E-state index contributed by atoms with van der Waals surface area (Å²) < 4.78 is 5.38. The minimum Gasteiger partial charge on any atom is -0.476 e. The van der Waals surface area contributed by atoms with E-state index < -0.39 is 6.10 Å². The number of hydrogen-bond donors (Lipinski definition) is 1. The first-order valence-electron chi connectivity index (χ1n) is 5.18. The summed E-state index contributed by atoms with van der Waals surface area (Å²) in [5, 5.41) is 11.4. The molecule has 82 valence electrons. The molecule has 0 saturated heterocycles. The molecule has 1 N–H and O–H groups in total. The van der Waals surface area contributed by atoms with Gasteiger partial charge in [0.25, 0.3) is 0 Å². The summed E-state index contributed by atoms with van der Waals surface area (Å²) in [4.78, 5) is 11.1. The lowest BCUT2D eigenvalue weighted by Crippen LogP contribution is -2.19. The van der Waals surface area contributed by atoms with E-state index in [1.807, 2.05) is 18.2 Å². The predicted octanol–water partition coefficient (Wildman–Crippen LogP) is 1.86. The Hall–Kier alpha value is -2.02. The largest absolute Gasteiger partial charge is 0.476 e. The third-order valence-corrected chi connectivity index (χ3v) is 2.47. The van der Waals surface area contributed by atoms with Gasteiger partial charge in [-0.1, -0.05) is 0 Å². The first-order valence-corrected chi connectivity index (χ1v) is 5.18. The van der Waals surface area contributed by atoms with Crippen LogP contribution in [0, 0.1) is 11.3 Å². The maximum absolute atomic E-state index is 11.1. The Morgan fingerprint density at radius 3 is 3.06 bits per heavy atom. The van der Waals surface area contributed by atoms with E-state index in [1.54, 1.807) is 13.0 Å². The molecule has 0 aliphatic carbocycles. The van der Waals surface area contributed by atoms with Crippen molar-refractivity contribution in [3.8, 4) is 11.8 Å². The summed E-state index contributed by atoms with van der Waals surface area (Å²) in [5.41, 5.74) is 1.90. The van der Waals surface area contributed by atoms with Crippen LogP contribution in [0.2, 0.25) is 0 Å². The lowest BCUT2D eigenvalue weighted by molar-refractivity contribution is -0.116. The fourth-order valence-electron chi connectivity index (χ4n) is 1.66. The first kappa shape index (κ1) is 10.5. The van der Waals surface area contributed by atoms with Crippen molar-refractivity contribution in [2.24, 2.45) is 0 Å². The first-order chi connectivity index (χ1) is 7.69. The standard InChI is InChI=1S/C12H12N2O2/c1-8(7-13)16-10-3-4-11-9(6-10)2-5-12(15)14-11/h3-4,6,8H,2,5H2,1H3,(H,14,15). The number of ether oxygens (including phenoxy) is 1. The monoisotopic (exact) mass is 216 g/mol. The molecule has 0 saturated carbocycles. The number of nitrogens with one attached hydrogen (secondary N) is 1. The Labute approximate surface area is 93.8 Å². The number of nitrogens with zero attached hydrogens (tertiary/aromatic N) is 1. The fourth-order valence-corrected chi connectivity index (χ4v) is 1.66. The van der Waals surface area contributed by atoms with Gasteiger partial charge in [0, 0.05) is 12.1 Å². The molecule has 16 heavy (non-hydrogen) atoms. The molecule has 1 amide bonds. The zero-order chi connectivity index (χ0) is 11.5. The van der Waals surface area contributed by atoms with Gasteiger partial charge in [0.05, 0.1) is 0 Å². The van der Waals surface area contributed by atoms with Crippen LogP contribution in [0.5, 0.6) is 5.75 Å². The van der Waals surface area contributed by atoms with Gasteiger partial charge in [0.15, 0.2) is 6.10 Å². The Morgan fingerprint density at radius 1 is 1.50 bits per heavy atom. The van der Waals surface area contributed by atoms with Gasteiger partial charge in [-0.2, -0.15) is 5.26 Å². The Kier molecular flexibility index (Phi) is 2.78. The van der Waals surface area contributed by atoms with Gasteiger partial charge >= 0.3 is 0 Å². The van der Waals surface area contributed by atoms with Gasteiger partial charge < -0.3 is 10.1 Å². The van der Waals surface area contributed by atoms with Crippen molar-refractivity contribution in [1.82, 2.24) is 0 Å². The molecular weight excluding hydrogens is 204 g/mol. The van der Waals surface area contributed by atoms with E-state index in [0.717, 1.165) is 17.7 Å². The average molecular weight is 216 g/mol. The molecule has 1 aliphatic heterocycles. The maximum atomic E-state index is 11.1. The van der Waals surface area contributed by atoms with Crippen LogP contribution in [0.1, 0.15) is 18.9 Å². The van der Waals surface area contributed by atoms with Gasteiger partial charge in [-0.25, -0.2) is 0 Å². The van der Waals surface area contributed by atoms with Crippen LogP contribution in [-0.2, 0) is 11.2 Å². The van der Waals surface area contributed by atoms with E-state index in [4.69, 9.17) is 10.00 Å². The van der Waals surface area contributed by atoms with Crippen LogP contribution in [0.15, 0.2) is 18.2 Å². The topological polar surface area (TPSA) is 62.1 Å². The molecule has 1 aromatic carbocycles. The third kappa shape index (κ3) is 2.14. The van der Waals surface area contributed by atoms with Crippen LogP contribution in [0.3, 0.4) is 0 Å². The van der Waals surface area contributed by atoms with Crippen molar-refractivity contribution in [2.45, 2.75) is 25.9 Å². The number of anilines is 1.